The summed E-state index contributed by atoms with van der Waals surface area (Å²) < 4.78 is 24.2. The van der Waals surface area contributed by atoms with Gasteiger partial charge in [-0.2, -0.15) is 0 Å². The van der Waals surface area contributed by atoms with Gasteiger partial charge in [-0.1, -0.05) is 59.8 Å². The molecular formula is C39H43N3O11P+. The molecule has 3 heterocycles. The third-order valence-corrected chi connectivity index (χ3v) is 14.1. The Morgan fingerprint density at radius 3 is 1.67 bits per heavy atom. The van der Waals surface area contributed by atoms with Crippen molar-refractivity contribution in [2.75, 3.05) is 13.2 Å². The second-order valence-electron chi connectivity index (χ2n) is 13.2. The third kappa shape index (κ3) is 7.31. The van der Waals surface area contributed by atoms with Gasteiger partial charge in [-0.15, -0.1) is 5.10 Å². The minimum absolute atomic E-state index is 0.0212. The molecule has 5 aromatic rings. The smallest absolute Gasteiger partial charge is 0.187 e. The highest BCUT2D eigenvalue weighted by Gasteiger charge is 2.51. The first-order valence-corrected chi connectivity index (χ1v) is 19.3. The molecule has 0 amide bonds. The van der Waals surface area contributed by atoms with Gasteiger partial charge in [0.1, 0.15) is 95.4 Å². The van der Waals surface area contributed by atoms with Crippen LogP contribution in [0, 0.1) is 0 Å². The maximum Gasteiger partial charge on any atom is 0.187 e. The standard InChI is InChI=1S/C39H43N3O11P/c43-21-30-32(45)33(46)36(49)39(52-30)53-37-31(22-44)51-38(35(48)34(37)47)42-20-24(40-41-42)23-50-25-16-18-29(19-17-25)54(26-10-4-1-5-11-26,27-12-6-2-7-13-27)28-14-8-3-9-15-28/h1-20,30-39,43-49H,21-23H2/q+1/t30-,31-,32+,33+,34-,35-,36-,37-,38+,39+/m1/s1. The maximum atomic E-state index is 11.0. The Balaban J connectivity index is 1.06. The van der Waals surface area contributed by atoms with Gasteiger partial charge in [-0.3, -0.25) is 0 Å². The first-order chi connectivity index (χ1) is 26.3. The molecule has 14 nitrogen and oxygen atoms in total. The lowest BCUT2D eigenvalue weighted by Gasteiger charge is -2.45. The normalized spacial score (nSPS) is 28.8. The van der Waals surface area contributed by atoms with Crippen LogP contribution in [0.1, 0.15) is 11.9 Å². The molecule has 0 bridgehead atoms. The largest absolute Gasteiger partial charge is 0.487 e. The summed E-state index contributed by atoms with van der Waals surface area (Å²) in [7, 11) is -2.28. The lowest BCUT2D eigenvalue weighted by atomic mass is 9.96. The Morgan fingerprint density at radius 1 is 0.593 bits per heavy atom. The van der Waals surface area contributed by atoms with Gasteiger partial charge in [0.05, 0.1) is 19.4 Å². The number of nitrogens with zero attached hydrogens (tertiary/aromatic N) is 3. The van der Waals surface area contributed by atoms with E-state index in [9.17, 15) is 35.7 Å². The van der Waals surface area contributed by atoms with Crippen molar-refractivity contribution < 1.29 is 54.7 Å². The predicted octanol–water partition coefficient (Wildman–Crippen LogP) is -0.727. The molecule has 10 atom stereocenters. The van der Waals surface area contributed by atoms with Gasteiger partial charge in [-0.25, -0.2) is 4.68 Å². The van der Waals surface area contributed by atoms with E-state index in [1.807, 2.05) is 30.3 Å². The summed E-state index contributed by atoms with van der Waals surface area (Å²) >= 11 is 0. The summed E-state index contributed by atoms with van der Waals surface area (Å²) in [5.74, 6) is 0.596. The second-order valence-corrected chi connectivity index (χ2v) is 16.6. The van der Waals surface area contributed by atoms with E-state index >= 15 is 0 Å². The average Bonchev–Trinajstić information content (AvgIpc) is 3.70. The fourth-order valence-electron chi connectivity index (χ4n) is 7.06. The molecule has 2 aliphatic heterocycles. The van der Waals surface area contributed by atoms with Crippen molar-refractivity contribution in [2.24, 2.45) is 0 Å². The molecule has 7 N–H and O–H groups in total. The summed E-state index contributed by atoms with van der Waals surface area (Å²) in [6, 6.07) is 39.6. The highest BCUT2D eigenvalue weighted by atomic mass is 31.2. The van der Waals surface area contributed by atoms with Crippen LogP contribution in [0.2, 0.25) is 0 Å². The molecule has 54 heavy (non-hydrogen) atoms. The van der Waals surface area contributed by atoms with E-state index in [-0.39, 0.29) is 6.61 Å². The predicted molar refractivity (Wildman–Crippen MR) is 197 cm³/mol. The minimum atomic E-state index is -2.28. The van der Waals surface area contributed by atoms with E-state index in [1.165, 1.54) is 26.8 Å². The first-order valence-electron chi connectivity index (χ1n) is 17.5. The van der Waals surface area contributed by atoms with Crippen molar-refractivity contribution in [2.45, 2.75) is 68.0 Å². The SMILES string of the molecule is OC[C@H]1O[C@@H](O[C@H]2[C@H](O)[C@@H](O)[C@@H](n3cc(COc4ccc([P+](c5ccccc5)(c5ccccc5)c5ccccc5)cc4)nn3)O[C@@H]2CO)[C@H](O)[C@@H](O)[C@H]1O. The molecule has 0 aliphatic carbocycles. The fourth-order valence-corrected chi connectivity index (χ4v) is 11.3. The molecule has 0 radical (unpaired) electrons. The Hall–Kier alpha value is -4.15. The number of aromatic nitrogens is 3. The van der Waals surface area contributed by atoms with Gasteiger partial charge in [0.25, 0.3) is 0 Å². The van der Waals surface area contributed by atoms with Crippen LogP contribution >= 0.6 is 7.26 Å². The van der Waals surface area contributed by atoms with Crippen LogP contribution < -0.4 is 26.0 Å². The fraction of sp³-hybridized carbons (Fsp3) is 0.333. The molecule has 0 unspecified atom stereocenters. The zero-order valence-electron chi connectivity index (χ0n) is 29.0. The van der Waals surface area contributed by atoms with Crippen LogP contribution in [-0.2, 0) is 20.8 Å². The number of aliphatic hydroxyl groups excluding tert-OH is 7. The van der Waals surface area contributed by atoms with Crippen molar-refractivity contribution in [1.29, 1.82) is 0 Å². The van der Waals surface area contributed by atoms with Crippen molar-refractivity contribution in [3.05, 3.63) is 127 Å². The Morgan fingerprint density at radius 2 is 1.13 bits per heavy atom. The zero-order valence-corrected chi connectivity index (χ0v) is 29.9. The van der Waals surface area contributed by atoms with Crippen LogP contribution in [0.5, 0.6) is 5.75 Å². The lowest BCUT2D eigenvalue weighted by molar-refractivity contribution is -0.347. The molecule has 2 fully saturated rings. The van der Waals surface area contributed by atoms with Gasteiger partial charge < -0.3 is 54.7 Å². The quantitative estimate of drug-likeness (QED) is 0.0785. The molecule has 1 aromatic heterocycles. The molecule has 0 saturated carbocycles. The summed E-state index contributed by atoms with van der Waals surface area (Å²) in [4.78, 5) is 0. The van der Waals surface area contributed by atoms with Crippen molar-refractivity contribution >= 4 is 28.5 Å². The summed E-state index contributed by atoms with van der Waals surface area (Å²) in [6.45, 7) is -1.34. The molecule has 4 aromatic carbocycles. The lowest BCUT2D eigenvalue weighted by Crippen LogP contribution is -2.63. The van der Waals surface area contributed by atoms with E-state index in [4.69, 9.17) is 18.9 Å². The van der Waals surface area contributed by atoms with Gasteiger partial charge >= 0.3 is 0 Å². The third-order valence-electron chi connectivity index (χ3n) is 9.84. The number of benzene rings is 4. The Kier molecular flexibility index (Phi) is 11.8. The minimum Gasteiger partial charge on any atom is -0.487 e. The van der Waals surface area contributed by atoms with E-state index in [0.717, 1.165) is 5.30 Å². The summed E-state index contributed by atoms with van der Waals surface area (Å²) in [5.41, 5.74) is 0.393. The first kappa shape index (κ1) is 38.1. The number of rotatable bonds is 12. The molecular weight excluding hydrogens is 717 g/mol. The van der Waals surface area contributed by atoms with E-state index in [0.29, 0.717) is 11.4 Å². The highest BCUT2D eigenvalue weighted by Crippen LogP contribution is 2.54. The average molecular weight is 761 g/mol. The van der Waals surface area contributed by atoms with Gasteiger partial charge in [0, 0.05) is 0 Å². The van der Waals surface area contributed by atoms with E-state index in [1.54, 1.807) is 0 Å². The van der Waals surface area contributed by atoms with Crippen molar-refractivity contribution in [1.82, 2.24) is 15.0 Å². The molecule has 2 aliphatic rings. The van der Waals surface area contributed by atoms with E-state index in [2.05, 4.69) is 95.2 Å². The number of hydrogen-bond acceptors (Lipinski definition) is 13. The van der Waals surface area contributed by atoms with Crippen LogP contribution in [0.4, 0.5) is 0 Å². The van der Waals surface area contributed by atoms with Crippen LogP contribution in [-0.4, -0.2) is 119 Å². The zero-order chi connectivity index (χ0) is 37.8. The maximum absolute atomic E-state index is 11.0. The van der Waals surface area contributed by atoms with Gasteiger partial charge in [0.15, 0.2) is 12.5 Å². The van der Waals surface area contributed by atoms with Crippen LogP contribution in [0.25, 0.3) is 0 Å². The van der Waals surface area contributed by atoms with Gasteiger partial charge in [-0.05, 0) is 60.7 Å². The molecule has 2 saturated heterocycles. The molecule has 7 rings (SSSR count). The number of aliphatic hydroxyl groups is 7. The van der Waals surface area contributed by atoms with Gasteiger partial charge in [0.2, 0.25) is 0 Å². The highest BCUT2D eigenvalue weighted by molar-refractivity contribution is 8.01. The Bertz CT molecular complexity index is 1820. The molecule has 284 valence electrons. The summed E-state index contributed by atoms with van der Waals surface area (Å²) in [5, 5.41) is 85.3. The summed E-state index contributed by atoms with van der Waals surface area (Å²) in [6.07, 6.45) is -13.8. The monoisotopic (exact) mass is 760 g/mol. The topological polar surface area (TPSA) is 209 Å². The second kappa shape index (κ2) is 16.7. The Labute approximate surface area is 311 Å². The number of ether oxygens (including phenoxy) is 4. The van der Waals surface area contributed by atoms with Crippen molar-refractivity contribution in [3.63, 3.8) is 0 Å². The van der Waals surface area contributed by atoms with Crippen molar-refractivity contribution in [3.8, 4) is 5.75 Å². The van der Waals surface area contributed by atoms with Crippen LogP contribution in [0.15, 0.2) is 121 Å². The van der Waals surface area contributed by atoms with Crippen LogP contribution in [0.3, 0.4) is 0 Å². The number of hydrogen-bond donors (Lipinski definition) is 7. The molecule has 0 spiro atoms. The molecule has 15 heteroatoms. The van der Waals surface area contributed by atoms with E-state index < -0.39 is 81.8 Å².